The van der Waals surface area contributed by atoms with Crippen LogP contribution in [0, 0.1) is 5.92 Å². The van der Waals surface area contributed by atoms with Crippen LogP contribution in [0.3, 0.4) is 0 Å². The van der Waals surface area contributed by atoms with E-state index in [-0.39, 0.29) is 23.9 Å². The molecule has 1 fully saturated rings. The zero-order chi connectivity index (χ0) is 20.2. The number of carbonyl (C=O) groups excluding carboxylic acids is 1. The fraction of sp³-hybridized carbons (Fsp3) is 0.458. The van der Waals surface area contributed by atoms with Crippen LogP contribution in [0.1, 0.15) is 48.7 Å². The average molecular weight is 395 g/mol. The lowest BCUT2D eigenvalue weighted by Crippen LogP contribution is -2.46. The van der Waals surface area contributed by atoms with Gasteiger partial charge in [0.05, 0.1) is 13.2 Å². The summed E-state index contributed by atoms with van der Waals surface area (Å²) in [4.78, 5) is 12.4. The van der Waals surface area contributed by atoms with Crippen LogP contribution in [0.15, 0.2) is 42.5 Å². The number of methoxy groups -OCH3 is 1. The first-order valence-electron chi connectivity index (χ1n) is 10.5. The summed E-state index contributed by atoms with van der Waals surface area (Å²) in [7, 11) is 1.71. The standard InChI is InChI=1S/C24H29NO4/c1-3-28-24(13-21(26)17-14-25-15-17)16-7-9-18(10-8-16)29-23-12-11-20-19(23)5-4-6-22(20)27-2/h4-10,17,23-25H,3,11-15H2,1-2H3/t23?,24-/m0/s1. The lowest BCUT2D eigenvalue weighted by atomic mass is 9.92. The van der Waals surface area contributed by atoms with Crippen LogP contribution in [0.5, 0.6) is 11.5 Å². The minimum atomic E-state index is -0.196. The minimum absolute atomic E-state index is 0.0429. The Morgan fingerprint density at radius 3 is 2.62 bits per heavy atom. The molecule has 29 heavy (non-hydrogen) atoms. The highest BCUT2D eigenvalue weighted by atomic mass is 16.5. The van der Waals surface area contributed by atoms with Crippen molar-refractivity contribution in [1.29, 1.82) is 0 Å². The van der Waals surface area contributed by atoms with Gasteiger partial charge in [-0.25, -0.2) is 0 Å². The minimum Gasteiger partial charge on any atom is -0.496 e. The number of hydrogen-bond acceptors (Lipinski definition) is 5. The van der Waals surface area contributed by atoms with Crippen LogP contribution in [0.2, 0.25) is 0 Å². The Hall–Kier alpha value is -2.37. The van der Waals surface area contributed by atoms with Gasteiger partial charge in [0, 0.05) is 37.6 Å². The monoisotopic (exact) mass is 395 g/mol. The number of ketones is 1. The first-order chi connectivity index (χ1) is 14.2. The SMILES string of the molecule is CCO[C@@H](CC(=O)C1CNC1)c1ccc(OC2CCc3c(OC)cccc32)cc1. The average Bonchev–Trinajstić information content (AvgIpc) is 3.10. The van der Waals surface area contributed by atoms with E-state index in [0.717, 1.165) is 43.0 Å². The molecule has 1 aliphatic heterocycles. The Morgan fingerprint density at radius 2 is 1.97 bits per heavy atom. The number of fused-ring (bicyclic) bond motifs is 1. The summed E-state index contributed by atoms with van der Waals surface area (Å²) in [6, 6.07) is 14.1. The lowest BCUT2D eigenvalue weighted by molar-refractivity contribution is -0.127. The normalized spacial score (nSPS) is 19.3. The molecule has 2 aromatic carbocycles. The molecule has 0 spiro atoms. The number of benzene rings is 2. The van der Waals surface area contributed by atoms with Gasteiger partial charge in [-0.2, -0.15) is 0 Å². The number of hydrogen-bond donors (Lipinski definition) is 1. The van der Waals surface area contributed by atoms with Gasteiger partial charge in [0.25, 0.3) is 0 Å². The van der Waals surface area contributed by atoms with Gasteiger partial charge in [-0.15, -0.1) is 0 Å². The zero-order valence-corrected chi connectivity index (χ0v) is 17.1. The predicted molar refractivity (Wildman–Crippen MR) is 111 cm³/mol. The van der Waals surface area contributed by atoms with Crippen LogP contribution >= 0.6 is 0 Å². The molecule has 1 aliphatic carbocycles. The molecular weight excluding hydrogens is 366 g/mol. The van der Waals surface area contributed by atoms with E-state index in [1.54, 1.807) is 7.11 Å². The van der Waals surface area contributed by atoms with Crippen molar-refractivity contribution in [2.24, 2.45) is 5.92 Å². The second-order valence-electron chi connectivity index (χ2n) is 7.71. The van der Waals surface area contributed by atoms with E-state index in [1.165, 1.54) is 11.1 Å². The maximum Gasteiger partial charge on any atom is 0.141 e. The molecule has 0 aromatic heterocycles. The van der Waals surface area contributed by atoms with E-state index < -0.39 is 0 Å². The second kappa shape index (κ2) is 8.97. The molecule has 5 nitrogen and oxygen atoms in total. The fourth-order valence-electron chi connectivity index (χ4n) is 4.16. The molecule has 2 atom stereocenters. The van der Waals surface area contributed by atoms with Crippen LogP contribution in [0.4, 0.5) is 0 Å². The topological polar surface area (TPSA) is 56.8 Å². The number of rotatable bonds is 9. The Bertz CT molecular complexity index is 844. The molecule has 154 valence electrons. The van der Waals surface area contributed by atoms with Gasteiger partial charge in [-0.05, 0) is 49.1 Å². The summed E-state index contributed by atoms with van der Waals surface area (Å²) >= 11 is 0. The summed E-state index contributed by atoms with van der Waals surface area (Å²) in [6.45, 7) is 4.13. The number of ether oxygens (including phenoxy) is 3. The van der Waals surface area contributed by atoms with Crippen molar-refractivity contribution >= 4 is 5.78 Å². The van der Waals surface area contributed by atoms with Gasteiger partial charge >= 0.3 is 0 Å². The number of Topliss-reactive ketones (excluding diaryl/α,β-unsaturated/α-hetero) is 1. The van der Waals surface area contributed by atoms with Gasteiger partial charge in [-0.1, -0.05) is 24.3 Å². The summed E-state index contributed by atoms with van der Waals surface area (Å²) in [5.41, 5.74) is 3.48. The van der Waals surface area contributed by atoms with Crippen molar-refractivity contribution in [3.8, 4) is 11.5 Å². The maximum absolute atomic E-state index is 12.4. The van der Waals surface area contributed by atoms with Gasteiger partial charge in [0.1, 0.15) is 23.4 Å². The number of nitrogens with one attached hydrogen (secondary N) is 1. The molecular formula is C24H29NO4. The molecule has 0 amide bonds. The van der Waals surface area contributed by atoms with Crippen molar-refractivity contribution < 1.29 is 19.0 Å². The summed E-state index contributed by atoms with van der Waals surface area (Å²) in [5, 5.41) is 3.16. The van der Waals surface area contributed by atoms with E-state index in [4.69, 9.17) is 14.2 Å². The van der Waals surface area contributed by atoms with E-state index in [9.17, 15) is 4.79 Å². The fourth-order valence-corrected chi connectivity index (χ4v) is 4.16. The first kappa shape index (κ1) is 19.9. The highest BCUT2D eigenvalue weighted by molar-refractivity contribution is 5.83. The third-order valence-electron chi connectivity index (χ3n) is 5.91. The Kier molecular flexibility index (Phi) is 6.16. The molecule has 4 rings (SSSR count). The first-order valence-corrected chi connectivity index (χ1v) is 10.5. The lowest BCUT2D eigenvalue weighted by Gasteiger charge is -2.27. The highest BCUT2D eigenvalue weighted by Gasteiger charge is 2.29. The Morgan fingerprint density at radius 1 is 1.17 bits per heavy atom. The largest absolute Gasteiger partial charge is 0.496 e. The molecule has 1 unspecified atom stereocenters. The van der Waals surface area contributed by atoms with Crippen molar-refractivity contribution in [2.45, 2.75) is 38.4 Å². The zero-order valence-electron chi connectivity index (χ0n) is 17.1. The maximum atomic E-state index is 12.4. The van der Waals surface area contributed by atoms with E-state index in [2.05, 4.69) is 11.4 Å². The van der Waals surface area contributed by atoms with Gasteiger partial charge in [0.15, 0.2) is 0 Å². The van der Waals surface area contributed by atoms with Crippen LogP contribution in [-0.2, 0) is 16.0 Å². The Balaban J connectivity index is 1.43. The van der Waals surface area contributed by atoms with Crippen molar-refractivity contribution in [3.63, 3.8) is 0 Å². The van der Waals surface area contributed by atoms with Gasteiger partial charge in [-0.3, -0.25) is 4.79 Å². The summed E-state index contributed by atoms with van der Waals surface area (Å²) < 4.78 is 17.6. The molecule has 2 aromatic rings. The quantitative estimate of drug-likeness (QED) is 0.695. The predicted octanol–water partition coefficient (Wildman–Crippen LogP) is 4.02. The third kappa shape index (κ3) is 4.31. The molecule has 1 saturated heterocycles. The molecule has 2 aliphatic rings. The van der Waals surface area contributed by atoms with Crippen LogP contribution in [0.25, 0.3) is 0 Å². The van der Waals surface area contributed by atoms with Crippen LogP contribution in [-0.4, -0.2) is 32.6 Å². The van der Waals surface area contributed by atoms with E-state index in [0.29, 0.717) is 13.0 Å². The van der Waals surface area contributed by atoms with Crippen molar-refractivity contribution in [2.75, 3.05) is 26.8 Å². The highest BCUT2D eigenvalue weighted by Crippen LogP contribution is 2.39. The summed E-state index contributed by atoms with van der Waals surface area (Å²) in [6.07, 6.45) is 2.19. The van der Waals surface area contributed by atoms with E-state index >= 15 is 0 Å². The second-order valence-corrected chi connectivity index (χ2v) is 7.71. The van der Waals surface area contributed by atoms with Gasteiger partial charge < -0.3 is 19.5 Å². The molecule has 0 radical (unpaired) electrons. The Labute approximate surface area is 172 Å². The molecule has 0 saturated carbocycles. The summed E-state index contributed by atoms with van der Waals surface area (Å²) in [5.74, 6) is 2.19. The van der Waals surface area contributed by atoms with Gasteiger partial charge in [0.2, 0.25) is 0 Å². The third-order valence-corrected chi connectivity index (χ3v) is 5.91. The number of carbonyl (C=O) groups is 1. The molecule has 1 N–H and O–H groups in total. The van der Waals surface area contributed by atoms with Crippen molar-refractivity contribution in [3.05, 3.63) is 59.2 Å². The van der Waals surface area contributed by atoms with Crippen molar-refractivity contribution in [1.82, 2.24) is 5.32 Å². The molecule has 5 heteroatoms. The smallest absolute Gasteiger partial charge is 0.141 e. The van der Waals surface area contributed by atoms with Crippen LogP contribution < -0.4 is 14.8 Å². The molecule has 1 heterocycles. The van der Waals surface area contributed by atoms with E-state index in [1.807, 2.05) is 43.3 Å². The molecule has 0 bridgehead atoms.